The minimum atomic E-state index is -0.515. The lowest BCUT2D eigenvalue weighted by Crippen LogP contribution is -2.39. The van der Waals surface area contributed by atoms with Gasteiger partial charge >= 0.3 is 0 Å². The molecule has 0 bridgehead atoms. The van der Waals surface area contributed by atoms with Crippen LogP contribution in [-0.2, 0) is 9.59 Å². The van der Waals surface area contributed by atoms with E-state index in [0.29, 0.717) is 5.56 Å². The molecule has 2 heterocycles. The van der Waals surface area contributed by atoms with Crippen LogP contribution in [0.3, 0.4) is 0 Å². The van der Waals surface area contributed by atoms with Crippen LogP contribution in [0.2, 0.25) is 0 Å². The van der Waals surface area contributed by atoms with E-state index in [1.807, 2.05) is 13.8 Å². The van der Waals surface area contributed by atoms with Crippen LogP contribution < -0.4 is 0 Å². The number of nitrogens with zero attached hydrogens (tertiary/aromatic N) is 1. The van der Waals surface area contributed by atoms with Gasteiger partial charge < -0.3 is 4.98 Å². The van der Waals surface area contributed by atoms with Crippen molar-refractivity contribution >= 4 is 17.6 Å². The average molecular weight is 302 g/mol. The van der Waals surface area contributed by atoms with Crippen LogP contribution in [0.15, 0.2) is 6.07 Å². The van der Waals surface area contributed by atoms with Crippen molar-refractivity contribution in [2.75, 3.05) is 6.54 Å². The zero-order chi connectivity index (χ0) is 15.9. The number of amides is 2. The largest absolute Gasteiger partial charge is 0.362 e. The maximum Gasteiger partial charge on any atom is 0.236 e. The van der Waals surface area contributed by atoms with Crippen molar-refractivity contribution in [3.8, 4) is 0 Å². The normalized spacial score (nSPS) is 20.9. The lowest BCUT2D eigenvalue weighted by atomic mass is 9.73. The van der Waals surface area contributed by atoms with Crippen LogP contribution in [0.1, 0.15) is 60.3 Å². The van der Waals surface area contributed by atoms with Crippen molar-refractivity contribution in [2.24, 2.45) is 5.41 Å². The van der Waals surface area contributed by atoms with Gasteiger partial charge in [-0.25, -0.2) is 0 Å². The molecule has 2 amide bonds. The molecular formula is C17H22N2O3. The Bertz CT molecular complexity index is 638. The summed E-state index contributed by atoms with van der Waals surface area (Å²) in [5, 5.41) is 0. The molecule has 5 heteroatoms. The quantitative estimate of drug-likeness (QED) is 0.689. The summed E-state index contributed by atoms with van der Waals surface area (Å²) in [6.07, 6.45) is 4.97. The average Bonchev–Trinajstić information content (AvgIpc) is 2.92. The SMILES string of the molecule is Cc1cc(C(=O)CN2C(=O)CC3(CCCCC3)C2=O)c(C)[nH]1. The van der Waals surface area contributed by atoms with E-state index >= 15 is 0 Å². The van der Waals surface area contributed by atoms with Gasteiger partial charge in [-0.15, -0.1) is 0 Å². The van der Waals surface area contributed by atoms with E-state index < -0.39 is 5.41 Å². The van der Waals surface area contributed by atoms with E-state index in [-0.39, 0.29) is 30.6 Å². The van der Waals surface area contributed by atoms with Crippen LogP contribution >= 0.6 is 0 Å². The van der Waals surface area contributed by atoms with Gasteiger partial charge in [-0.2, -0.15) is 0 Å². The summed E-state index contributed by atoms with van der Waals surface area (Å²) >= 11 is 0. The molecule has 2 aliphatic rings. The highest BCUT2D eigenvalue weighted by atomic mass is 16.2. The second-order valence-electron chi connectivity index (χ2n) is 6.72. The fraction of sp³-hybridized carbons (Fsp3) is 0.588. The van der Waals surface area contributed by atoms with E-state index in [2.05, 4.69) is 4.98 Å². The summed E-state index contributed by atoms with van der Waals surface area (Å²) in [4.78, 5) is 41.7. The summed E-state index contributed by atoms with van der Waals surface area (Å²) in [5.41, 5.74) is 1.75. The molecular weight excluding hydrogens is 280 g/mol. The standard InChI is InChI=1S/C17H22N2O3/c1-11-8-13(12(2)18-11)14(20)10-19-15(21)9-17(16(19)22)6-4-3-5-7-17/h8,18H,3-7,9-10H2,1-2H3. The Morgan fingerprint density at radius 3 is 2.50 bits per heavy atom. The summed E-state index contributed by atoms with van der Waals surface area (Å²) in [6.45, 7) is 3.58. The molecule has 22 heavy (non-hydrogen) atoms. The van der Waals surface area contributed by atoms with Gasteiger partial charge in [0.1, 0.15) is 0 Å². The third-order valence-corrected chi connectivity index (χ3v) is 5.05. The van der Waals surface area contributed by atoms with Crippen molar-refractivity contribution in [2.45, 2.75) is 52.4 Å². The van der Waals surface area contributed by atoms with Crippen molar-refractivity contribution in [3.63, 3.8) is 0 Å². The number of Topliss-reactive ketones (excluding diaryl/α,β-unsaturated/α-hetero) is 1. The molecule has 118 valence electrons. The summed E-state index contributed by atoms with van der Waals surface area (Å²) < 4.78 is 0. The number of aromatic amines is 1. The van der Waals surface area contributed by atoms with Crippen LogP contribution in [0.25, 0.3) is 0 Å². The highest BCUT2D eigenvalue weighted by Gasteiger charge is 2.51. The molecule has 0 aromatic carbocycles. The predicted molar refractivity (Wildman–Crippen MR) is 81.5 cm³/mol. The van der Waals surface area contributed by atoms with Gasteiger partial charge in [0.05, 0.1) is 12.0 Å². The number of aromatic nitrogens is 1. The number of hydrogen-bond donors (Lipinski definition) is 1. The molecule has 1 spiro atoms. The number of aryl methyl sites for hydroxylation is 2. The number of nitrogens with one attached hydrogen (secondary N) is 1. The molecule has 1 saturated carbocycles. The zero-order valence-electron chi connectivity index (χ0n) is 13.2. The lowest BCUT2D eigenvalue weighted by Gasteiger charge is -2.30. The van der Waals surface area contributed by atoms with E-state index in [1.165, 1.54) is 4.90 Å². The van der Waals surface area contributed by atoms with Gasteiger partial charge in [-0.05, 0) is 32.8 Å². The number of likely N-dealkylation sites (tertiary alicyclic amines) is 1. The third kappa shape index (κ3) is 2.38. The Kier molecular flexibility index (Phi) is 3.67. The first-order valence-electron chi connectivity index (χ1n) is 7.97. The van der Waals surface area contributed by atoms with Crippen LogP contribution in [0, 0.1) is 19.3 Å². The summed E-state index contributed by atoms with van der Waals surface area (Å²) in [5.74, 6) is -0.489. The first-order valence-corrected chi connectivity index (χ1v) is 7.97. The maximum atomic E-state index is 12.7. The molecule has 1 aliphatic heterocycles. The molecule has 1 aromatic rings. The predicted octanol–water partition coefficient (Wildman–Crippen LogP) is 2.52. The summed E-state index contributed by atoms with van der Waals surface area (Å²) in [7, 11) is 0. The van der Waals surface area contributed by atoms with E-state index in [9.17, 15) is 14.4 Å². The van der Waals surface area contributed by atoms with Crippen LogP contribution in [0.4, 0.5) is 0 Å². The number of hydrogen-bond acceptors (Lipinski definition) is 3. The number of carbonyl (C=O) groups excluding carboxylic acids is 3. The number of carbonyl (C=O) groups is 3. The molecule has 1 saturated heterocycles. The second-order valence-corrected chi connectivity index (χ2v) is 6.72. The molecule has 0 radical (unpaired) electrons. The number of ketones is 1. The van der Waals surface area contributed by atoms with Gasteiger partial charge in [0.15, 0.2) is 5.78 Å². The Morgan fingerprint density at radius 1 is 1.23 bits per heavy atom. The fourth-order valence-electron chi connectivity index (χ4n) is 3.88. The Morgan fingerprint density at radius 2 is 1.91 bits per heavy atom. The topological polar surface area (TPSA) is 70.2 Å². The molecule has 0 atom stereocenters. The zero-order valence-corrected chi connectivity index (χ0v) is 13.2. The van der Waals surface area contributed by atoms with Crippen molar-refractivity contribution in [1.82, 2.24) is 9.88 Å². The lowest BCUT2D eigenvalue weighted by molar-refractivity contribution is -0.141. The minimum absolute atomic E-state index is 0.127. The number of imide groups is 1. The maximum absolute atomic E-state index is 12.7. The van der Waals surface area contributed by atoms with Gasteiger partial charge in [-0.3, -0.25) is 19.3 Å². The molecule has 1 aromatic heterocycles. The fourth-order valence-corrected chi connectivity index (χ4v) is 3.88. The summed E-state index contributed by atoms with van der Waals surface area (Å²) in [6, 6.07) is 1.78. The van der Waals surface area contributed by atoms with E-state index in [1.54, 1.807) is 6.07 Å². The molecule has 5 nitrogen and oxygen atoms in total. The van der Waals surface area contributed by atoms with Crippen molar-refractivity contribution in [1.29, 1.82) is 0 Å². The first kappa shape index (κ1) is 15.0. The van der Waals surface area contributed by atoms with E-state index in [0.717, 1.165) is 43.5 Å². The smallest absolute Gasteiger partial charge is 0.236 e. The monoisotopic (exact) mass is 302 g/mol. The Hall–Kier alpha value is -1.91. The van der Waals surface area contributed by atoms with Crippen molar-refractivity contribution < 1.29 is 14.4 Å². The molecule has 1 N–H and O–H groups in total. The molecule has 2 fully saturated rings. The van der Waals surface area contributed by atoms with Gasteiger partial charge in [0, 0.05) is 23.4 Å². The number of rotatable bonds is 3. The molecule has 1 aliphatic carbocycles. The third-order valence-electron chi connectivity index (χ3n) is 5.05. The van der Waals surface area contributed by atoms with Gasteiger partial charge in [-0.1, -0.05) is 19.3 Å². The van der Waals surface area contributed by atoms with Gasteiger partial charge in [0.2, 0.25) is 11.8 Å². The minimum Gasteiger partial charge on any atom is -0.362 e. The van der Waals surface area contributed by atoms with E-state index in [4.69, 9.17) is 0 Å². The first-order chi connectivity index (χ1) is 10.4. The second kappa shape index (κ2) is 5.38. The molecule has 3 rings (SSSR count). The van der Waals surface area contributed by atoms with Crippen LogP contribution in [0.5, 0.6) is 0 Å². The Balaban J connectivity index is 1.78. The highest BCUT2D eigenvalue weighted by molar-refractivity contribution is 6.10. The molecule has 0 unspecified atom stereocenters. The number of H-pyrrole nitrogens is 1. The Labute approximate surface area is 130 Å². The van der Waals surface area contributed by atoms with Gasteiger partial charge in [0.25, 0.3) is 0 Å². The van der Waals surface area contributed by atoms with Crippen LogP contribution in [-0.4, -0.2) is 34.0 Å². The van der Waals surface area contributed by atoms with Crippen molar-refractivity contribution in [3.05, 3.63) is 23.0 Å². The highest BCUT2D eigenvalue weighted by Crippen LogP contribution is 2.45.